The quantitative estimate of drug-likeness (QED) is 0.0115. The molecule has 2 amide bonds. The van der Waals surface area contributed by atoms with E-state index in [1.807, 2.05) is 0 Å². The molecule has 2 N–H and O–H groups in total. The number of carbonyl (C=O) groups is 6. The molecule has 0 aliphatic heterocycles. The highest BCUT2D eigenvalue weighted by Gasteiger charge is 2.26. The van der Waals surface area contributed by atoms with Gasteiger partial charge < -0.3 is 44.0 Å². The van der Waals surface area contributed by atoms with Crippen LogP contribution in [0.25, 0.3) is 0 Å². The first-order valence-corrected chi connectivity index (χ1v) is 29.2. The van der Waals surface area contributed by atoms with E-state index in [4.69, 9.17) is 34.2 Å². The topological polar surface area (TPSA) is 233 Å². The number of unbranched alkanes of at least 4 members (excludes halogenated alkanes) is 8. The molecule has 0 bridgehead atoms. The summed E-state index contributed by atoms with van der Waals surface area (Å²) in [6, 6.07) is 38.7. The first-order chi connectivity index (χ1) is 41.0. The van der Waals surface area contributed by atoms with Gasteiger partial charge >= 0.3 is 23.9 Å². The lowest BCUT2D eigenvalue weighted by molar-refractivity contribution is -0.384. The number of hydrogen-bond donors (Lipinski definition) is 1. The summed E-state index contributed by atoms with van der Waals surface area (Å²) >= 11 is 0. The number of nitro groups is 1. The fourth-order valence-corrected chi connectivity index (χ4v) is 8.44. The van der Waals surface area contributed by atoms with Gasteiger partial charge in [0, 0.05) is 42.0 Å². The number of nitrogens with zero attached hydrogens (tertiary/aromatic N) is 3. The van der Waals surface area contributed by atoms with Gasteiger partial charge in [0.1, 0.15) is 47.3 Å². The minimum atomic E-state index is -0.744. The van der Waals surface area contributed by atoms with Crippen molar-refractivity contribution < 1.29 is 62.1 Å². The van der Waals surface area contributed by atoms with Crippen LogP contribution in [0, 0.1) is 10.1 Å². The van der Waals surface area contributed by atoms with E-state index in [2.05, 4.69) is 13.8 Å². The van der Waals surface area contributed by atoms with Crippen LogP contribution >= 0.6 is 0 Å². The molecule has 6 rings (SSSR count). The third-order valence-corrected chi connectivity index (χ3v) is 12.8. The normalized spacial score (nSPS) is 11.0. The van der Waals surface area contributed by atoms with E-state index < -0.39 is 45.9 Å². The highest BCUT2D eigenvalue weighted by atomic mass is 16.6. The van der Waals surface area contributed by atoms with Crippen LogP contribution in [0.1, 0.15) is 172 Å². The average Bonchev–Trinajstić information content (AvgIpc) is 3.40. The highest BCUT2D eigenvalue weighted by Crippen LogP contribution is 2.23. The molecular weight excluding hydrogens is 1100 g/mol. The molecule has 458 valence electrons. The molecule has 86 heavy (non-hydrogen) atoms. The van der Waals surface area contributed by atoms with Crippen molar-refractivity contribution in [3.8, 4) is 23.0 Å². The summed E-state index contributed by atoms with van der Waals surface area (Å²) in [4.78, 5) is 90.3. The third-order valence-electron chi connectivity index (χ3n) is 12.8. The minimum Gasteiger partial charge on any atom is -0.494 e. The molecule has 18 nitrogen and oxygen atoms in total. The Hall–Kier alpha value is -9.06. The van der Waals surface area contributed by atoms with E-state index in [0.29, 0.717) is 58.4 Å². The predicted octanol–water partition coefficient (Wildman–Crippen LogP) is 14.0. The van der Waals surface area contributed by atoms with Crippen LogP contribution in [0.4, 0.5) is 11.4 Å². The van der Waals surface area contributed by atoms with E-state index in [1.54, 1.807) is 163 Å². The Labute approximate surface area is 505 Å². The van der Waals surface area contributed by atoms with Crippen molar-refractivity contribution in [2.45, 2.75) is 144 Å². The van der Waals surface area contributed by atoms with Gasteiger partial charge in [-0.05, 0) is 175 Å². The summed E-state index contributed by atoms with van der Waals surface area (Å²) in [6.07, 6.45) is 11.6. The fourth-order valence-electron chi connectivity index (χ4n) is 8.44. The summed E-state index contributed by atoms with van der Waals surface area (Å²) in [5, 5.41) is 11.0. The number of non-ortho nitro benzene ring substituents is 1. The number of rotatable bonds is 29. The molecule has 18 heteroatoms. The molecule has 0 spiro atoms. The lowest BCUT2D eigenvalue weighted by atomic mass is 10.1. The van der Waals surface area contributed by atoms with Crippen LogP contribution in [0.5, 0.6) is 23.0 Å². The number of nitrogens with two attached hydrogens (primary N) is 1. The maximum Gasteiger partial charge on any atom is 0.343 e. The standard InChI is InChI=1S/C34H40N2O8.C34H42N2O6/c1-5-6-7-8-9-22-42-29-20-14-27(15-21-29)33(39)43-30-18-10-25(11-19-30)23-35(24-31(37)44-34(2,3)4)32(38)26-12-16-28(17-13-26)36(40)41;1-5-6-7-8-9-22-40-29-20-14-27(15-21-29)33(39)41-30-18-10-25(11-19-30)23-36(24-31(37)42-34(2,3)4)32(38)26-12-16-28(35)17-13-26/h10-21H,5-9,22-24H2,1-4H3;10-21H,5-9,22-24,35H2,1-4H3. The van der Waals surface area contributed by atoms with Crippen LogP contribution in [0.3, 0.4) is 0 Å². The molecule has 0 radical (unpaired) electrons. The number of nitrogen functional groups attached to an aromatic ring is 1. The van der Waals surface area contributed by atoms with E-state index in [1.165, 1.54) is 72.6 Å². The molecule has 6 aromatic rings. The predicted molar refractivity (Wildman–Crippen MR) is 329 cm³/mol. The second-order valence-corrected chi connectivity index (χ2v) is 22.6. The summed E-state index contributed by atoms with van der Waals surface area (Å²) in [5.74, 6) is -0.863. The van der Waals surface area contributed by atoms with Crippen molar-refractivity contribution in [3.63, 3.8) is 0 Å². The molecule has 0 aliphatic carbocycles. The summed E-state index contributed by atoms with van der Waals surface area (Å²) in [5.41, 5.74) is 7.52. The Kier molecular flexibility index (Phi) is 26.8. The average molecular weight is 1180 g/mol. The number of ether oxygens (including phenoxy) is 6. The molecule has 0 saturated heterocycles. The lowest BCUT2D eigenvalue weighted by Crippen LogP contribution is -2.38. The molecular formula is C68H82N4O14. The van der Waals surface area contributed by atoms with Crippen LogP contribution in [-0.2, 0) is 32.2 Å². The first-order valence-electron chi connectivity index (χ1n) is 29.2. The summed E-state index contributed by atoms with van der Waals surface area (Å²) in [6.45, 7) is 15.8. The number of hydrogen-bond acceptors (Lipinski definition) is 15. The highest BCUT2D eigenvalue weighted by molar-refractivity contribution is 5.97. The van der Waals surface area contributed by atoms with Gasteiger partial charge in [-0.3, -0.25) is 29.3 Å². The molecule has 0 heterocycles. The van der Waals surface area contributed by atoms with Crippen molar-refractivity contribution in [1.29, 1.82) is 0 Å². The SMILES string of the molecule is CCCCCCCOc1ccc(C(=O)Oc2ccc(CN(CC(=O)OC(C)(C)C)C(=O)c3ccc(N)cc3)cc2)cc1.CCCCCCCOc1ccc(C(=O)Oc2ccc(CN(CC(=O)OC(C)(C)C)C(=O)c3ccc([N+](=O)[O-])cc3)cc2)cc1. The monoisotopic (exact) mass is 1180 g/mol. The van der Waals surface area contributed by atoms with Crippen molar-refractivity contribution in [2.24, 2.45) is 0 Å². The van der Waals surface area contributed by atoms with Crippen molar-refractivity contribution in [2.75, 3.05) is 32.0 Å². The van der Waals surface area contributed by atoms with Gasteiger partial charge in [0.2, 0.25) is 0 Å². The Morgan fingerprint density at radius 2 is 0.767 bits per heavy atom. The van der Waals surface area contributed by atoms with Crippen LogP contribution in [-0.4, -0.2) is 87.9 Å². The zero-order chi connectivity index (χ0) is 62.7. The van der Waals surface area contributed by atoms with Gasteiger partial charge in [-0.25, -0.2) is 9.59 Å². The van der Waals surface area contributed by atoms with Gasteiger partial charge in [0.15, 0.2) is 0 Å². The third kappa shape index (κ3) is 24.6. The molecule has 0 aromatic heterocycles. The Morgan fingerprint density at radius 3 is 1.10 bits per heavy atom. The van der Waals surface area contributed by atoms with E-state index >= 15 is 0 Å². The fraction of sp³-hybridized carbons (Fsp3) is 0.382. The molecule has 0 unspecified atom stereocenters. The van der Waals surface area contributed by atoms with Gasteiger partial charge in [-0.2, -0.15) is 0 Å². The Morgan fingerprint density at radius 1 is 0.442 bits per heavy atom. The molecule has 0 aliphatic rings. The Balaban J connectivity index is 0.000000314. The first kappa shape index (κ1) is 67.7. The van der Waals surface area contributed by atoms with Crippen LogP contribution < -0.4 is 24.7 Å². The van der Waals surface area contributed by atoms with Crippen molar-refractivity contribution in [3.05, 3.63) is 189 Å². The van der Waals surface area contributed by atoms with Crippen molar-refractivity contribution >= 4 is 47.1 Å². The number of benzene rings is 6. The van der Waals surface area contributed by atoms with Crippen LogP contribution in [0.2, 0.25) is 0 Å². The van der Waals surface area contributed by atoms with Gasteiger partial charge in [-0.1, -0.05) is 89.5 Å². The van der Waals surface area contributed by atoms with E-state index in [-0.39, 0.29) is 43.3 Å². The van der Waals surface area contributed by atoms with Crippen molar-refractivity contribution in [1.82, 2.24) is 9.80 Å². The van der Waals surface area contributed by atoms with E-state index in [0.717, 1.165) is 37.0 Å². The number of anilines is 1. The second-order valence-electron chi connectivity index (χ2n) is 22.6. The molecule has 6 aromatic carbocycles. The van der Waals surface area contributed by atoms with Gasteiger partial charge in [-0.15, -0.1) is 0 Å². The molecule has 0 atom stereocenters. The number of carbonyl (C=O) groups excluding carboxylic acids is 6. The maximum atomic E-state index is 13.3. The second kappa shape index (κ2) is 34.0. The zero-order valence-electron chi connectivity index (χ0n) is 50.8. The lowest BCUT2D eigenvalue weighted by Gasteiger charge is -2.25. The Bertz CT molecular complexity index is 3120. The zero-order valence-corrected chi connectivity index (χ0v) is 50.8. The largest absolute Gasteiger partial charge is 0.494 e. The molecule has 0 fully saturated rings. The summed E-state index contributed by atoms with van der Waals surface area (Å²) in [7, 11) is 0. The van der Waals surface area contributed by atoms with Crippen LogP contribution in [0.15, 0.2) is 146 Å². The molecule has 0 saturated carbocycles. The smallest absolute Gasteiger partial charge is 0.343 e. The number of amides is 2. The van der Waals surface area contributed by atoms with E-state index in [9.17, 15) is 38.9 Å². The number of nitro benzene ring substituents is 1. The summed E-state index contributed by atoms with van der Waals surface area (Å²) < 4.78 is 33.4. The minimum absolute atomic E-state index is 0.0450. The van der Waals surface area contributed by atoms with Gasteiger partial charge in [0.25, 0.3) is 17.5 Å². The number of esters is 4. The maximum absolute atomic E-state index is 13.3. The van der Waals surface area contributed by atoms with Gasteiger partial charge in [0.05, 0.1) is 29.3 Å².